The number of aromatic hydroxyl groups is 1. The summed E-state index contributed by atoms with van der Waals surface area (Å²) in [6.45, 7) is 7.31. The van der Waals surface area contributed by atoms with Gasteiger partial charge in [-0.05, 0) is 52.7 Å². The van der Waals surface area contributed by atoms with E-state index in [9.17, 15) is 14.7 Å². The fourth-order valence-electron chi connectivity index (χ4n) is 2.69. The molecule has 33 heavy (non-hydrogen) atoms. The standard InChI is InChI=1S/C18H18N2O4S.C7H18S/c21-10-12-3-1-2-11(8-12)9-15(23)19-7-6-13-4-5-14(22)16-17(13)25-18(24)20-16;1-7(2,3)8(4,5)6/h1-5,8,21-22H,6-7,9-10H2,(H,19,23)(H,20,24);1-6H3. The number of amides is 1. The second kappa shape index (κ2) is 11.2. The summed E-state index contributed by atoms with van der Waals surface area (Å²) in [5.41, 5.74) is 2.97. The van der Waals surface area contributed by atoms with E-state index in [-0.39, 0.29) is 39.6 Å². The number of H-pyrrole nitrogens is 1. The zero-order chi connectivity index (χ0) is 24.8. The van der Waals surface area contributed by atoms with Crippen molar-refractivity contribution in [3.8, 4) is 5.75 Å². The van der Waals surface area contributed by atoms with Crippen LogP contribution in [0.3, 0.4) is 0 Å². The smallest absolute Gasteiger partial charge is 0.305 e. The highest BCUT2D eigenvalue weighted by molar-refractivity contribution is 8.33. The number of hydrogen-bond acceptors (Lipinski definition) is 5. The molecule has 4 N–H and O–H groups in total. The number of carbonyl (C=O) groups excluding carboxylic acids is 1. The second-order valence-electron chi connectivity index (χ2n) is 9.67. The SMILES string of the molecule is CC(C)(C)S(C)(C)C.O=C(Cc1cccc(CO)c1)NCCc1ccc(O)c2[nH]c(=O)sc12. The molecule has 2 aromatic carbocycles. The molecule has 3 rings (SSSR count). The molecule has 0 fully saturated rings. The van der Waals surface area contributed by atoms with Gasteiger partial charge in [-0.25, -0.2) is 10.0 Å². The van der Waals surface area contributed by atoms with Gasteiger partial charge < -0.3 is 20.5 Å². The number of fused-ring (bicyclic) bond motifs is 1. The van der Waals surface area contributed by atoms with E-state index in [1.807, 2.05) is 12.1 Å². The van der Waals surface area contributed by atoms with Crippen LogP contribution in [-0.2, 0) is 24.2 Å². The van der Waals surface area contributed by atoms with Gasteiger partial charge in [-0.3, -0.25) is 9.59 Å². The van der Waals surface area contributed by atoms with E-state index in [0.717, 1.165) is 32.7 Å². The number of hydrogen-bond donors (Lipinski definition) is 4. The first kappa shape index (κ1) is 27.0. The van der Waals surface area contributed by atoms with E-state index in [1.165, 1.54) is 0 Å². The van der Waals surface area contributed by atoms with Crippen LogP contribution in [0, 0.1) is 0 Å². The lowest BCUT2D eigenvalue weighted by Gasteiger charge is -2.40. The Bertz CT molecular complexity index is 1130. The fraction of sp³-hybridized carbons (Fsp3) is 0.440. The normalized spacial score (nSPS) is 12.2. The van der Waals surface area contributed by atoms with Crippen LogP contribution in [0.25, 0.3) is 10.2 Å². The lowest BCUT2D eigenvalue weighted by atomic mass is 10.1. The van der Waals surface area contributed by atoms with E-state index in [4.69, 9.17) is 5.11 Å². The quantitative estimate of drug-likeness (QED) is 0.415. The number of aromatic nitrogens is 1. The summed E-state index contributed by atoms with van der Waals surface area (Å²) in [5, 5.41) is 21.8. The monoisotopic (exact) mass is 492 g/mol. The average Bonchev–Trinajstić information content (AvgIpc) is 3.11. The molecule has 0 bridgehead atoms. The number of nitrogens with one attached hydrogen (secondary N) is 2. The van der Waals surface area contributed by atoms with Crippen molar-refractivity contribution in [2.75, 3.05) is 25.3 Å². The van der Waals surface area contributed by atoms with E-state index in [1.54, 1.807) is 24.3 Å². The Morgan fingerprint density at radius 1 is 1.12 bits per heavy atom. The number of phenols is 1. The number of aliphatic hydroxyl groups excluding tert-OH is 1. The van der Waals surface area contributed by atoms with Crippen molar-refractivity contribution in [3.63, 3.8) is 0 Å². The van der Waals surface area contributed by atoms with Gasteiger partial charge in [-0.1, -0.05) is 62.4 Å². The third-order valence-electron chi connectivity index (χ3n) is 5.73. The average molecular weight is 493 g/mol. The van der Waals surface area contributed by atoms with Gasteiger partial charge in [0.15, 0.2) is 0 Å². The summed E-state index contributed by atoms with van der Waals surface area (Å²) in [6.07, 6.45) is 7.87. The molecule has 1 amide bonds. The first-order valence-corrected chi connectivity index (χ1v) is 14.5. The molecule has 0 saturated carbocycles. The van der Waals surface area contributed by atoms with E-state index >= 15 is 0 Å². The Kier molecular flexibility index (Phi) is 9.17. The molecular weight excluding hydrogens is 456 g/mol. The summed E-state index contributed by atoms with van der Waals surface area (Å²) in [7, 11) is -0.340. The van der Waals surface area contributed by atoms with Crippen molar-refractivity contribution < 1.29 is 15.0 Å². The molecule has 0 radical (unpaired) electrons. The zero-order valence-corrected chi connectivity index (χ0v) is 22.0. The Balaban J connectivity index is 0.000000414. The largest absolute Gasteiger partial charge is 0.506 e. The minimum Gasteiger partial charge on any atom is -0.506 e. The Hall–Kier alpha value is -2.29. The Morgan fingerprint density at radius 3 is 2.36 bits per heavy atom. The van der Waals surface area contributed by atoms with Gasteiger partial charge >= 0.3 is 4.87 Å². The Morgan fingerprint density at radius 2 is 1.76 bits per heavy atom. The molecule has 0 aliphatic rings. The summed E-state index contributed by atoms with van der Waals surface area (Å²) in [5.74, 6) is -0.0581. The maximum absolute atomic E-state index is 12.1. The van der Waals surface area contributed by atoms with Gasteiger partial charge in [0.05, 0.1) is 17.7 Å². The molecule has 0 saturated heterocycles. The van der Waals surface area contributed by atoms with Crippen LogP contribution in [0.15, 0.2) is 41.2 Å². The molecule has 0 spiro atoms. The van der Waals surface area contributed by atoms with Crippen molar-refractivity contribution in [1.82, 2.24) is 10.3 Å². The highest BCUT2D eigenvalue weighted by atomic mass is 32.3. The van der Waals surface area contributed by atoms with Crippen LogP contribution in [0.2, 0.25) is 0 Å². The molecule has 6 nitrogen and oxygen atoms in total. The summed E-state index contributed by atoms with van der Waals surface area (Å²) in [6, 6.07) is 10.6. The molecule has 0 aliphatic carbocycles. The van der Waals surface area contributed by atoms with Crippen LogP contribution >= 0.6 is 21.4 Å². The molecule has 182 valence electrons. The third kappa shape index (κ3) is 7.91. The summed E-state index contributed by atoms with van der Waals surface area (Å²) >= 11 is 1.05. The number of thiazole rings is 1. The number of aliphatic hydroxyl groups is 1. The van der Waals surface area contributed by atoms with Crippen molar-refractivity contribution in [3.05, 3.63) is 62.8 Å². The van der Waals surface area contributed by atoms with E-state index in [2.05, 4.69) is 49.8 Å². The third-order valence-corrected chi connectivity index (χ3v) is 10.4. The van der Waals surface area contributed by atoms with Gasteiger partial charge in [0.1, 0.15) is 11.3 Å². The van der Waals surface area contributed by atoms with Crippen LogP contribution in [0.5, 0.6) is 5.75 Å². The van der Waals surface area contributed by atoms with E-state index < -0.39 is 0 Å². The Labute approximate surface area is 201 Å². The van der Waals surface area contributed by atoms with Crippen molar-refractivity contribution in [1.29, 1.82) is 0 Å². The van der Waals surface area contributed by atoms with Crippen LogP contribution in [0.4, 0.5) is 0 Å². The van der Waals surface area contributed by atoms with Crippen molar-refractivity contribution >= 4 is 37.5 Å². The molecular formula is C25H36N2O4S2. The fourth-order valence-corrected chi connectivity index (χ4v) is 3.59. The molecule has 1 aromatic heterocycles. The molecule has 1 heterocycles. The van der Waals surface area contributed by atoms with Gasteiger partial charge in [0.25, 0.3) is 0 Å². The van der Waals surface area contributed by atoms with E-state index in [0.29, 0.717) is 23.2 Å². The van der Waals surface area contributed by atoms with Gasteiger partial charge in [0, 0.05) is 6.54 Å². The summed E-state index contributed by atoms with van der Waals surface area (Å²) in [4.78, 5) is 25.9. The zero-order valence-electron chi connectivity index (χ0n) is 20.3. The first-order chi connectivity index (χ1) is 15.3. The van der Waals surface area contributed by atoms with Gasteiger partial charge in [-0.15, -0.1) is 0 Å². The van der Waals surface area contributed by atoms with Gasteiger partial charge in [-0.2, -0.15) is 0 Å². The maximum atomic E-state index is 12.1. The lowest BCUT2D eigenvalue weighted by molar-refractivity contribution is -0.120. The highest BCUT2D eigenvalue weighted by Crippen LogP contribution is 2.48. The number of aromatic amines is 1. The highest BCUT2D eigenvalue weighted by Gasteiger charge is 2.22. The topological polar surface area (TPSA) is 102 Å². The predicted octanol–water partition coefficient (Wildman–Crippen LogP) is 4.17. The predicted molar refractivity (Wildman–Crippen MR) is 142 cm³/mol. The van der Waals surface area contributed by atoms with Crippen LogP contribution < -0.4 is 10.2 Å². The van der Waals surface area contributed by atoms with Crippen LogP contribution in [-0.4, -0.2) is 51.2 Å². The number of carbonyl (C=O) groups is 1. The van der Waals surface area contributed by atoms with Crippen LogP contribution in [0.1, 0.15) is 37.5 Å². The molecule has 3 aromatic rings. The minimum absolute atomic E-state index is 0.0462. The number of phenolic OH excluding ortho intramolecular Hbond substituents is 1. The molecule has 0 atom stereocenters. The maximum Gasteiger partial charge on any atom is 0.305 e. The lowest BCUT2D eigenvalue weighted by Crippen LogP contribution is -2.27. The summed E-state index contributed by atoms with van der Waals surface area (Å²) < 4.78 is 1.24. The molecule has 0 unspecified atom stereocenters. The van der Waals surface area contributed by atoms with Crippen molar-refractivity contribution in [2.45, 2.75) is 45.0 Å². The second-order valence-corrected chi connectivity index (χ2v) is 15.5. The first-order valence-electron chi connectivity index (χ1n) is 10.8. The number of benzene rings is 2. The minimum atomic E-state index is -0.340. The molecule has 8 heteroatoms. The number of rotatable bonds is 6. The van der Waals surface area contributed by atoms with Crippen molar-refractivity contribution in [2.24, 2.45) is 0 Å². The van der Waals surface area contributed by atoms with Gasteiger partial charge in [0.2, 0.25) is 5.91 Å². The molecule has 0 aliphatic heterocycles.